The lowest BCUT2D eigenvalue weighted by Gasteiger charge is -2.49. The van der Waals surface area contributed by atoms with Gasteiger partial charge in [-0.15, -0.1) is 0 Å². The number of nitrogens with zero attached hydrogens (tertiary/aromatic N) is 4. The molecule has 3 aliphatic rings. The topological polar surface area (TPSA) is 79.7 Å². The zero-order valence-electron chi connectivity index (χ0n) is 24.9. The summed E-state index contributed by atoms with van der Waals surface area (Å²) in [5, 5.41) is 3.44. The number of nitrogens with one attached hydrogen (secondary N) is 1. The second-order valence-corrected chi connectivity index (χ2v) is 12.4. The quantitative estimate of drug-likeness (QED) is 0.433. The normalized spacial score (nSPS) is 23.7. The van der Waals surface area contributed by atoms with Gasteiger partial charge in [0.15, 0.2) is 0 Å². The van der Waals surface area contributed by atoms with Gasteiger partial charge in [0.05, 0.1) is 25.2 Å². The van der Waals surface area contributed by atoms with Crippen molar-refractivity contribution in [1.82, 2.24) is 24.7 Å². The van der Waals surface area contributed by atoms with Crippen LogP contribution in [-0.2, 0) is 6.54 Å². The molecule has 3 atom stereocenters. The van der Waals surface area contributed by atoms with E-state index in [2.05, 4.69) is 44.4 Å². The van der Waals surface area contributed by atoms with E-state index in [1.807, 2.05) is 37.4 Å². The number of rotatable bonds is 6. The number of benzene rings is 2. The first-order chi connectivity index (χ1) is 20.5. The van der Waals surface area contributed by atoms with Crippen LogP contribution < -0.4 is 15.6 Å². The summed E-state index contributed by atoms with van der Waals surface area (Å²) in [6.45, 7) is 2.89. The molecule has 1 aromatic heterocycles. The highest BCUT2D eigenvalue weighted by molar-refractivity contribution is 5.75. The minimum atomic E-state index is -0.0457. The van der Waals surface area contributed by atoms with E-state index in [4.69, 9.17) is 4.74 Å². The third kappa shape index (κ3) is 5.56. The Balaban J connectivity index is 1.20. The lowest BCUT2D eigenvalue weighted by molar-refractivity contribution is 0.0208. The zero-order chi connectivity index (χ0) is 29.1. The monoisotopic (exact) mass is 569 g/mol. The molecular formula is C34H43N5O3. The van der Waals surface area contributed by atoms with Crippen molar-refractivity contribution in [3.8, 4) is 17.0 Å². The molecule has 1 spiro atoms. The van der Waals surface area contributed by atoms with Crippen molar-refractivity contribution in [3.63, 3.8) is 0 Å². The Morgan fingerprint density at radius 2 is 1.81 bits per heavy atom. The van der Waals surface area contributed by atoms with Crippen LogP contribution in [-0.4, -0.2) is 65.2 Å². The molecule has 3 heterocycles. The molecule has 1 saturated carbocycles. The Kier molecular flexibility index (Phi) is 8.34. The predicted octanol–water partition coefficient (Wildman–Crippen LogP) is 5.35. The summed E-state index contributed by atoms with van der Waals surface area (Å²) in [5.74, 6) is 1.04. The van der Waals surface area contributed by atoms with E-state index in [0.29, 0.717) is 29.9 Å². The maximum Gasteiger partial charge on any atom is 0.320 e. The largest absolute Gasteiger partial charge is 0.496 e. The number of amides is 2. The standard InChI is InChI=1S/C34H43N5O3/c1-35-27-15-19-39(30(20-27)25-10-4-3-5-11-25)33(41)37-18-14-26(34(23-37)16-8-9-17-34)22-38-24-36-29(21-32(38)40)28-12-6-7-13-31(28)42-2/h3-7,10-13,21,24,26-27,30,35H,8-9,14-20,22-23H2,1-2H3/t26-,27+,30-/m0/s1. The van der Waals surface area contributed by atoms with Crippen molar-refractivity contribution in [2.24, 2.45) is 11.3 Å². The smallest absolute Gasteiger partial charge is 0.320 e. The van der Waals surface area contributed by atoms with Crippen LogP contribution in [0.1, 0.15) is 56.6 Å². The van der Waals surface area contributed by atoms with Gasteiger partial charge >= 0.3 is 6.03 Å². The van der Waals surface area contributed by atoms with E-state index >= 15 is 0 Å². The summed E-state index contributed by atoms with van der Waals surface area (Å²) in [4.78, 5) is 36.4. The first kappa shape index (κ1) is 28.5. The van der Waals surface area contributed by atoms with E-state index in [1.54, 1.807) is 24.1 Å². The second kappa shape index (κ2) is 12.3. The molecule has 0 unspecified atom stereocenters. The number of methoxy groups -OCH3 is 1. The van der Waals surface area contributed by atoms with E-state index in [0.717, 1.165) is 57.3 Å². The van der Waals surface area contributed by atoms with E-state index in [1.165, 1.54) is 18.4 Å². The molecule has 6 rings (SSSR count). The number of likely N-dealkylation sites (tertiary alicyclic amines) is 2. The minimum absolute atomic E-state index is 0.0419. The molecule has 0 bridgehead atoms. The molecule has 3 aromatic rings. The van der Waals surface area contributed by atoms with Crippen molar-refractivity contribution >= 4 is 6.03 Å². The van der Waals surface area contributed by atoms with E-state index in [-0.39, 0.29) is 23.0 Å². The first-order valence-electron chi connectivity index (χ1n) is 15.5. The molecule has 1 N–H and O–H groups in total. The van der Waals surface area contributed by atoms with Gasteiger partial charge in [-0.1, -0.05) is 55.3 Å². The van der Waals surface area contributed by atoms with Gasteiger partial charge in [-0.2, -0.15) is 0 Å². The summed E-state index contributed by atoms with van der Waals surface area (Å²) in [6.07, 6.45) is 9.05. The van der Waals surface area contributed by atoms with Gasteiger partial charge in [0.1, 0.15) is 5.75 Å². The van der Waals surface area contributed by atoms with Crippen LogP contribution in [0.3, 0.4) is 0 Å². The second-order valence-electron chi connectivity index (χ2n) is 12.4. The number of piperidine rings is 2. The first-order valence-corrected chi connectivity index (χ1v) is 15.5. The fourth-order valence-corrected chi connectivity index (χ4v) is 7.73. The molecule has 3 fully saturated rings. The zero-order valence-corrected chi connectivity index (χ0v) is 24.9. The highest BCUT2D eigenvalue weighted by Gasteiger charge is 2.47. The van der Waals surface area contributed by atoms with Gasteiger partial charge in [-0.3, -0.25) is 9.36 Å². The maximum atomic E-state index is 14.2. The van der Waals surface area contributed by atoms with Crippen molar-refractivity contribution in [2.45, 2.75) is 63.6 Å². The fraction of sp³-hybridized carbons (Fsp3) is 0.500. The van der Waals surface area contributed by atoms with Gasteiger partial charge in [-0.05, 0) is 68.2 Å². The van der Waals surface area contributed by atoms with Crippen molar-refractivity contribution < 1.29 is 9.53 Å². The Morgan fingerprint density at radius 1 is 1.05 bits per heavy atom. The number of urea groups is 1. The molecule has 2 aliphatic heterocycles. The fourth-order valence-electron chi connectivity index (χ4n) is 7.73. The summed E-state index contributed by atoms with van der Waals surface area (Å²) in [6, 6.07) is 20.4. The molecule has 222 valence electrons. The predicted molar refractivity (Wildman–Crippen MR) is 164 cm³/mol. The average molecular weight is 570 g/mol. The molecular weight excluding hydrogens is 526 g/mol. The Morgan fingerprint density at radius 3 is 2.55 bits per heavy atom. The van der Waals surface area contributed by atoms with Crippen LogP contribution in [0.15, 0.2) is 71.8 Å². The van der Waals surface area contributed by atoms with Crippen LogP contribution >= 0.6 is 0 Å². The van der Waals surface area contributed by atoms with Crippen LogP contribution in [0.2, 0.25) is 0 Å². The summed E-state index contributed by atoms with van der Waals surface area (Å²) < 4.78 is 7.26. The van der Waals surface area contributed by atoms with Crippen LogP contribution in [0, 0.1) is 11.3 Å². The number of carbonyl (C=O) groups excluding carboxylic acids is 1. The number of ether oxygens (including phenoxy) is 1. The van der Waals surface area contributed by atoms with Crippen LogP contribution in [0.5, 0.6) is 5.75 Å². The Labute approximate surface area is 248 Å². The summed E-state index contributed by atoms with van der Waals surface area (Å²) >= 11 is 0. The molecule has 8 heteroatoms. The molecule has 42 heavy (non-hydrogen) atoms. The van der Waals surface area contributed by atoms with Crippen LogP contribution in [0.4, 0.5) is 4.79 Å². The van der Waals surface area contributed by atoms with Gasteiger partial charge in [0, 0.05) is 43.9 Å². The minimum Gasteiger partial charge on any atom is -0.496 e. The van der Waals surface area contributed by atoms with Crippen molar-refractivity contribution in [3.05, 3.63) is 82.9 Å². The van der Waals surface area contributed by atoms with Crippen LogP contribution in [0.25, 0.3) is 11.3 Å². The Hall–Kier alpha value is -3.65. The molecule has 2 aromatic carbocycles. The van der Waals surface area contributed by atoms with Gasteiger partial charge in [0.2, 0.25) is 0 Å². The Bertz CT molecular complexity index is 1430. The number of aromatic nitrogens is 2. The molecule has 0 radical (unpaired) electrons. The average Bonchev–Trinajstić information content (AvgIpc) is 3.51. The van der Waals surface area contributed by atoms with Crippen molar-refractivity contribution in [1.29, 1.82) is 0 Å². The molecule has 1 aliphatic carbocycles. The van der Waals surface area contributed by atoms with Gasteiger partial charge in [0.25, 0.3) is 5.56 Å². The van der Waals surface area contributed by atoms with Gasteiger partial charge < -0.3 is 19.9 Å². The summed E-state index contributed by atoms with van der Waals surface area (Å²) in [7, 11) is 3.65. The number of carbonyl (C=O) groups is 1. The third-order valence-corrected chi connectivity index (χ3v) is 10.1. The van der Waals surface area contributed by atoms with E-state index < -0.39 is 0 Å². The lowest BCUT2D eigenvalue weighted by atomic mass is 9.69. The summed E-state index contributed by atoms with van der Waals surface area (Å²) in [5.41, 5.74) is 2.64. The highest BCUT2D eigenvalue weighted by Crippen LogP contribution is 2.49. The highest BCUT2D eigenvalue weighted by atomic mass is 16.5. The number of hydrogen-bond donors (Lipinski definition) is 1. The lowest BCUT2D eigenvalue weighted by Crippen LogP contribution is -2.56. The number of para-hydroxylation sites is 1. The SMILES string of the molecule is CN[C@@H]1CCN(C(=O)N2CC[C@@H](Cn3cnc(-c4ccccc4OC)cc3=O)C3(CCCC3)C2)[C@H](c2ccccc2)C1. The van der Waals surface area contributed by atoms with Gasteiger partial charge in [-0.25, -0.2) is 9.78 Å². The molecule has 2 saturated heterocycles. The third-order valence-electron chi connectivity index (χ3n) is 10.1. The molecule has 2 amide bonds. The maximum absolute atomic E-state index is 14.2. The van der Waals surface area contributed by atoms with E-state index in [9.17, 15) is 9.59 Å². The van der Waals surface area contributed by atoms with Crippen molar-refractivity contribution in [2.75, 3.05) is 33.8 Å². The number of hydrogen-bond acceptors (Lipinski definition) is 5. The molecule has 8 nitrogen and oxygen atoms in total.